The number of nitrogens with one attached hydrogen (secondary N) is 1. The van der Waals surface area contributed by atoms with Gasteiger partial charge in [0.25, 0.3) is 0 Å². The van der Waals surface area contributed by atoms with Crippen LogP contribution in [0, 0.1) is 0 Å². The molecule has 2 aliphatic rings. The predicted molar refractivity (Wildman–Crippen MR) is 274 cm³/mol. The van der Waals surface area contributed by atoms with Gasteiger partial charge < -0.3 is 9.88 Å². The van der Waals surface area contributed by atoms with Crippen molar-refractivity contribution in [3.63, 3.8) is 0 Å². The molecule has 0 unspecified atom stereocenters. The van der Waals surface area contributed by atoms with Crippen LogP contribution in [-0.2, 0) is 5.41 Å². The minimum Gasteiger partial charge on any atom is -0.355 e. The van der Waals surface area contributed by atoms with Crippen molar-refractivity contribution in [2.45, 2.75) is 19.3 Å². The number of aromatic nitrogens is 1. The van der Waals surface area contributed by atoms with Gasteiger partial charge in [0.05, 0.1) is 5.52 Å². The first kappa shape index (κ1) is 36.7. The van der Waals surface area contributed by atoms with Crippen molar-refractivity contribution in [3.8, 4) is 61.3 Å². The van der Waals surface area contributed by atoms with Crippen LogP contribution in [-0.4, -0.2) is 11.8 Å². The van der Waals surface area contributed by atoms with E-state index in [-0.39, 0.29) is 5.41 Å². The lowest BCUT2D eigenvalue weighted by molar-refractivity contribution is 0.660. The number of hydrogen-bond donors (Lipinski definition) is 1. The third-order valence-electron chi connectivity index (χ3n) is 14.2. The Morgan fingerprint density at radius 1 is 0.438 bits per heavy atom. The first-order valence-electron chi connectivity index (χ1n) is 22.5. The molecule has 0 bridgehead atoms. The number of anilines is 2. The number of fused-ring (bicyclic) bond motifs is 9. The summed E-state index contributed by atoms with van der Waals surface area (Å²) < 4.78 is 2.58. The fraction of sp³-hybridized carbons (Fsp3) is 0.0492. The van der Waals surface area contributed by atoms with Gasteiger partial charge in [0, 0.05) is 44.3 Å². The monoisotopic (exact) mass is 814 g/mol. The van der Waals surface area contributed by atoms with Crippen LogP contribution in [0.4, 0.5) is 11.4 Å². The highest BCUT2D eigenvalue weighted by molar-refractivity contribution is 6.74. The van der Waals surface area contributed by atoms with Crippen LogP contribution >= 0.6 is 0 Å². The van der Waals surface area contributed by atoms with E-state index in [0.717, 1.165) is 18.7 Å². The second kappa shape index (κ2) is 14.1. The Hall–Kier alpha value is -7.88. The predicted octanol–water partition coefficient (Wildman–Crippen LogP) is 14.4. The van der Waals surface area contributed by atoms with Crippen LogP contribution in [0.5, 0.6) is 0 Å². The average molecular weight is 815 g/mol. The standard InChI is InChI=1S/C61H43BN2/c1-61(2)52-25-15-14-24-47(52)48-36-51(55(37-53(48)61)63-45-29-26-41(27-30-45)38-16-6-3-7-17-38)58-46-23-13-12-22-43(46)35-57-59(58)62-54-34-44(40-20-10-5-11-21-40)33-50-49-32-42(39-18-8-4-9-19-39)28-31-56(49)64(57)60(50)54/h3-37,62-63H,1-2H3. The lowest BCUT2D eigenvalue weighted by Crippen LogP contribution is -2.37. The van der Waals surface area contributed by atoms with Gasteiger partial charge in [-0.2, -0.15) is 0 Å². The summed E-state index contributed by atoms with van der Waals surface area (Å²) in [4.78, 5) is 0. The summed E-state index contributed by atoms with van der Waals surface area (Å²) in [5.74, 6) is 0. The topological polar surface area (TPSA) is 17.0 Å². The summed E-state index contributed by atoms with van der Waals surface area (Å²) in [6.07, 6.45) is 0. The van der Waals surface area contributed by atoms with E-state index in [2.05, 4.69) is 236 Å². The average Bonchev–Trinajstić information content (AvgIpc) is 3.79. The van der Waals surface area contributed by atoms with Crippen LogP contribution in [0.2, 0.25) is 0 Å². The summed E-state index contributed by atoms with van der Waals surface area (Å²) in [6.45, 7) is 4.75. The van der Waals surface area contributed by atoms with E-state index in [1.165, 1.54) is 116 Å². The summed E-state index contributed by atoms with van der Waals surface area (Å²) in [5.41, 5.74) is 23.7. The second-order valence-corrected chi connectivity index (χ2v) is 18.2. The van der Waals surface area contributed by atoms with E-state index in [0.29, 0.717) is 0 Å². The zero-order valence-corrected chi connectivity index (χ0v) is 35.9. The van der Waals surface area contributed by atoms with E-state index in [1.807, 2.05) is 0 Å². The van der Waals surface area contributed by atoms with Crippen molar-refractivity contribution in [3.05, 3.63) is 223 Å². The first-order chi connectivity index (χ1) is 31.5. The van der Waals surface area contributed by atoms with Gasteiger partial charge in [-0.15, -0.1) is 0 Å². The number of nitrogens with zero attached hydrogens (tertiary/aromatic N) is 1. The minimum absolute atomic E-state index is 0.155. The lowest BCUT2D eigenvalue weighted by atomic mass is 9.58. The summed E-state index contributed by atoms with van der Waals surface area (Å²) in [5, 5.41) is 9.08. The Morgan fingerprint density at radius 2 is 1.05 bits per heavy atom. The highest BCUT2D eigenvalue weighted by atomic mass is 15.0. The molecule has 0 radical (unpaired) electrons. The van der Waals surface area contributed by atoms with Crippen LogP contribution in [0.3, 0.4) is 0 Å². The quantitative estimate of drug-likeness (QED) is 0.166. The molecule has 2 nitrogen and oxygen atoms in total. The molecule has 0 atom stereocenters. The van der Waals surface area contributed by atoms with Gasteiger partial charge in [0.2, 0.25) is 0 Å². The van der Waals surface area contributed by atoms with Crippen molar-refractivity contribution >= 4 is 62.2 Å². The smallest absolute Gasteiger partial charge is 0.198 e. The molecule has 0 amide bonds. The van der Waals surface area contributed by atoms with E-state index in [4.69, 9.17) is 0 Å². The molecule has 64 heavy (non-hydrogen) atoms. The molecule has 0 fully saturated rings. The summed E-state index contributed by atoms with van der Waals surface area (Å²) in [6, 6.07) is 78.7. The SMILES string of the molecule is CC1(C)c2ccccc2-c2cc(-c3c4c(cc5ccccc35)-n3c5ccc(-c6ccccc6)cc5c5cc(-c6ccccc6)cc(c53)B4)c(Nc3ccc(-c4ccccc4)cc3)cc21. The van der Waals surface area contributed by atoms with Gasteiger partial charge in [0.15, 0.2) is 7.28 Å². The normalized spacial score (nSPS) is 13.1. The molecule has 0 saturated heterocycles. The number of hydrogen-bond acceptors (Lipinski definition) is 1. The van der Waals surface area contributed by atoms with Crippen molar-refractivity contribution in [2.24, 2.45) is 0 Å². The molecular formula is C61H43BN2. The Balaban J connectivity index is 1.09. The highest BCUT2D eigenvalue weighted by Gasteiger charge is 2.37. The zero-order chi connectivity index (χ0) is 42.5. The van der Waals surface area contributed by atoms with E-state index in [9.17, 15) is 0 Å². The maximum absolute atomic E-state index is 4.02. The van der Waals surface area contributed by atoms with Crippen molar-refractivity contribution in [1.29, 1.82) is 0 Å². The highest BCUT2D eigenvalue weighted by Crippen LogP contribution is 2.52. The third-order valence-corrected chi connectivity index (χ3v) is 14.2. The largest absolute Gasteiger partial charge is 0.355 e. The van der Waals surface area contributed by atoms with Crippen LogP contribution < -0.4 is 16.2 Å². The van der Waals surface area contributed by atoms with Crippen molar-refractivity contribution < 1.29 is 0 Å². The Morgan fingerprint density at radius 3 is 1.80 bits per heavy atom. The van der Waals surface area contributed by atoms with Crippen molar-refractivity contribution in [1.82, 2.24) is 4.57 Å². The molecule has 13 rings (SSSR count). The van der Waals surface area contributed by atoms with Gasteiger partial charge in [-0.3, -0.25) is 0 Å². The van der Waals surface area contributed by atoms with Gasteiger partial charge in [-0.25, -0.2) is 0 Å². The molecule has 10 aromatic carbocycles. The molecule has 1 aliphatic carbocycles. The summed E-state index contributed by atoms with van der Waals surface area (Å²) >= 11 is 0. The minimum atomic E-state index is -0.155. The van der Waals surface area contributed by atoms with Gasteiger partial charge >= 0.3 is 0 Å². The fourth-order valence-electron chi connectivity index (χ4n) is 11.1. The van der Waals surface area contributed by atoms with Gasteiger partial charge in [0.1, 0.15) is 0 Å². The summed E-state index contributed by atoms with van der Waals surface area (Å²) in [7, 11) is 0.804. The molecular weight excluding hydrogens is 771 g/mol. The molecule has 3 heteroatoms. The molecule has 1 N–H and O–H groups in total. The fourth-order valence-corrected chi connectivity index (χ4v) is 11.1. The number of benzene rings is 10. The van der Waals surface area contributed by atoms with Crippen LogP contribution in [0.15, 0.2) is 212 Å². The lowest BCUT2D eigenvalue weighted by Gasteiger charge is -2.28. The maximum atomic E-state index is 4.02. The molecule has 1 aliphatic heterocycles. The van der Waals surface area contributed by atoms with Gasteiger partial charge in [-0.05, 0) is 126 Å². The van der Waals surface area contributed by atoms with Gasteiger partial charge in [-0.1, -0.05) is 183 Å². The van der Waals surface area contributed by atoms with E-state index < -0.39 is 0 Å². The van der Waals surface area contributed by atoms with Crippen LogP contribution in [0.1, 0.15) is 25.0 Å². The van der Waals surface area contributed by atoms with Crippen LogP contribution in [0.25, 0.3) is 93.9 Å². The molecule has 0 saturated carbocycles. The first-order valence-corrected chi connectivity index (χ1v) is 22.5. The Kier molecular flexibility index (Phi) is 8.08. The number of rotatable bonds is 6. The zero-order valence-electron chi connectivity index (χ0n) is 35.9. The molecule has 11 aromatic rings. The van der Waals surface area contributed by atoms with Crippen molar-refractivity contribution in [2.75, 3.05) is 5.32 Å². The Labute approximate surface area is 374 Å². The van der Waals surface area contributed by atoms with E-state index in [1.54, 1.807) is 0 Å². The second-order valence-electron chi connectivity index (χ2n) is 18.2. The maximum Gasteiger partial charge on any atom is 0.198 e. The van der Waals surface area contributed by atoms with E-state index >= 15 is 0 Å². The molecule has 2 heterocycles. The molecule has 0 spiro atoms. The Bertz CT molecular complexity index is 3660. The molecule has 1 aromatic heterocycles. The third kappa shape index (κ3) is 5.60. The molecule has 300 valence electrons.